The molecule has 0 saturated heterocycles. The van der Waals surface area contributed by atoms with E-state index in [0.717, 1.165) is 12.1 Å². The van der Waals surface area contributed by atoms with Crippen molar-refractivity contribution < 1.29 is 61.3 Å². The van der Waals surface area contributed by atoms with E-state index >= 15 is 0 Å². The average molecular weight is 302 g/mol. The van der Waals surface area contributed by atoms with E-state index in [9.17, 15) is 19.2 Å². The molecule has 98 valence electrons. The first-order chi connectivity index (χ1) is 8.27. The van der Waals surface area contributed by atoms with Crippen LogP contribution in [0.15, 0.2) is 12.1 Å². The molecule has 0 aromatic heterocycles. The maximum Gasteiger partial charge on any atom is 0.337 e. The fraction of sp³-hybridized carbons (Fsp3) is 0. The Kier molecular flexibility index (Phi) is 5.42. The van der Waals surface area contributed by atoms with Crippen molar-refractivity contribution >= 4 is 23.9 Å². The summed E-state index contributed by atoms with van der Waals surface area (Å²) in [6.07, 6.45) is 0. The fourth-order valence-corrected chi connectivity index (χ4v) is 1.40. The summed E-state index contributed by atoms with van der Waals surface area (Å²) in [5.74, 6) is -6.97. The number of carboxylic acid groups (broad SMARTS) is 4. The summed E-state index contributed by atoms with van der Waals surface area (Å²) in [5.41, 5.74) is -3.69. The molecule has 0 unspecified atom stereocenters. The minimum atomic E-state index is -1.83. The van der Waals surface area contributed by atoms with Crippen molar-refractivity contribution in [1.29, 1.82) is 0 Å². The number of hydrogen-bond donors (Lipinski definition) is 4. The maximum atomic E-state index is 10.9. The number of aromatic carboxylic acids is 4. The second-order valence-corrected chi connectivity index (χ2v) is 3.13. The molecular formula is C10H6O8Ti. The first kappa shape index (κ1) is 16.8. The Balaban J connectivity index is 0.00000324. The van der Waals surface area contributed by atoms with Crippen molar-refractivity contribution in [2.24, 2.45) is 0 Å². The average Bonchev–Trinajstić information content (AvgIpc) is 2.26. The van der Waals surface area contributed by atoms with Gasteiger partial charge in [0.05, 0.1) is 22.3 Å². The monoisotopic (exact) mass is 302 g/mol. The molecule has 4 N–H and O–H groups in total. The summed E-state index contributed by atoms with van der Waals surface area (Å²) >= 11 is 0. The van der Waals surface area contributed by atoms with E-state index in [1.54, 1.807) is 0 Å². The van der Waals surface area contributed by atoms with E-state index in [1.807, 2.05) is 0 Å². The van der Waals surface area contributed by atoms with E-state index < -0.39 is 46.1 Å². The van der Waals surface area contributed by atoms with Crippen molar-refractivity contribution in [3.63, 3.8) is 0 Å². The van der Waals surface area contributed by atoms with E-state index in [0.29, 0.717) is 0 Å². The number of carboxylic acids is 4. The molecule has 0 heterocycles. The Labute approximate surface area is 120 Å². The molecule has 0 aliphatic heterocycles. The van der Waals surface area contributed by atoms with Crippen LogP contribution >= 0.6 is 0 Å². The molecule has 0 aliphatic carbocycles. The van der Waals surface area contributed by atoms with Crippen LogP contribution in [0.4, 0.5) is 0 Å². The third-order valence-corrected chi connectivity index (χ3v) is 2.09. The van der Waals surface area contributed by atoms with Gasteiger partial charge in [0, 0.05) is 21.7 Å². The number of hydrogen-bond acceptors (Lipinski definition) is 4. The van der Waals surface area contributed by atoms with E-state index in [-0.39, 0.29) is 21.7 Å². The Morgan fingerprint density at radius 2 is 0.895 bits per heavy atom. The zero-order chi connectivity index (χ0) is 14.0. The van der Waals surface area contributed by atoms with Gasteiger partial charge < -0.3 is 20.4 Å². The molecule has 0 radical (unpaired) electrons. The molecule has 19 heavy (non-hydrogen) atoms. The molecule has 9 heteroatoms. The van der Waals surface area contributed by atoms with Gasteiger partial charge in [0.1, 0.15) is 0 Å². The standard InChI is InChI=1S/C10H6O8.Ti/c11-7(12)3-1-2-4(8(13)14)6(10(17)18)5(3)9(15)16;/h1-2H,(H,11,12)(H,13,14)(H,15,16)(H,17,18);. The van der Waals surface area contributed by atoms with E-state index in [1.165, 1.54) is 0 Å². The van der Waals surface area contributed by atoms with Gasteiger partial charge in [-0.3, -0.25) is 0 Å². The van der Waals surface area contributed by atoms with Gasteiger partial charge in [0.15, 0.2) is 0 Å². The Morgan fingerprint density at radius 3 is 1.05 bits per heavy atom. The number of benzene rings is 1. The molecule has 0 spiro atoms. The van der Waals surface area contributed by atoms with Gasteiger partial charge >= 0.3 is 23.9 Å². The first-order valence-corrected chi connectivity index (χ1v) is 4.37. The molecule has 0 saturated carbocycles. The van der Waals surface area contributed by atoms with Gasteiger partial charge in [0.2, 0.25) is 0 Å². The molecule has 0 amide bonds. The van der Waals surface area contributed by atoms with Crippen molar-refractivity contribution in [2.45, 2.75) is 0 Å². The molecule has 0 atom stereocenters. The predicted octanol–water partition coefficient (Wildman–Crippen LogP) is 0.477. The number of carbonyl (C=O) groups is 4. The summed E-state index contributed by atoms with van der Waals surface area (Å²) in [4.78, 5) is 43.4. The van der Waals surface area contributed by atoms with Crippen LogP contribution in [0.25, 0.3) is 0 Å². The van der Waals surface area contributed by atoms with E-state index in [4.69, 9.17) is 20.4 Å². The van der Waals surface area contributed by atoms with Crippen molar-refractivity contribution in [2.75, 3.05) is 0 Å². The van der Waals surface area contributed by atoms with Crippen LogP contribution in [0.1, 0.15) is 41.4 Å². The molecule has 8 nitrogen and oxygen atoms in total. The summed E-state index contributed by atoms with van der Waals surface area (Å²) in [7, 11) is 0. The van der Waals surface area contributed by atoms with Crippen LogP contribution in [0.3, 0.4) is 0 Å². The predicted molar refractivity (Wildman–Crippen MR) is 54.3 cm³/mol. The third kappa shape index (κ3) is 3.18. The summed E-state index contributed by atoms with van der Waals surface area (Å²) in [6.45, 7) is 0. The zero-order valence-corrected chi connectivity index (χ0v) is 10.6. The van der Waals surface area contributed by atoms with Crippen LogP contribution in [0.5, 0.6) is 0 Å². The molecule has 0 bridgehead atoms. The van der Waals surface area contributed by atoms with Crippen LogP contribution in [-0.2, 0) is 21.7 Å². The van der Waals surface area contributed by atoms with Crippen molar-refractivity contribution in [3.8, 4) is 0 Å². The topological polar surface area (TPSA) is 149 Å². The van der Waals surface area contributed by atoms with Gasteiger partial charge in [0.25, 0.3) is 0 Å². The van der Waals surface area contributed by atoms with Gasteiger partial charge in [-0.15, -0.1) is 0 Å². The Bertz CT molecular complexity index is 526. The summed E-state index contributed by atoms with van der Waals surface area (Å²) < 4.78 is 0. The SMILES string of the molecule is O=C(O)c1ccc(C(=O)O)c(C(=O)O)c1C(=O)O.[Ti]. The van der Waals surface area contributed by atoms with Crippen molar-refractivity contribution in [1.82, 2.24) is 0 Å². The first-order valence-electron chi connectivity index (χ1n) is 4.37. The molecule has 0 fully saturated rings. The van der Waals surface area contributed by atoms with Gasteiger partial charge in [-0.25, -0.2) is 19.2 Å². The largest absolute Gasteiger partial charge is 0.478 e. The quantitative estimate of drug-likeness (QED) is 0.586. The smallest absolute Gasteiger partial charge is 0.337 e. The van der Waals surface area contributed by atoms with E-state index in [2.05, 4.69) is 0 Å². The minimum absolute atomic E-state index is 0. The molecule has 0 aliphatic rings. The van der Waals surface area contributed by atoms with Crippen molar-refractivity contribution in [3.05, 3.63) is 34.4 Å². The van der Waals surface area contributed by atoms with Gasteiger partial charge in [-0.05, 0) is 12.1 Å². The van der Waals surface area contributed by atoms with Crippen LogP contribution < -0.4 is 0 Å². The zero-order valence-electron chi connectivity index (χ0n) is 9.08. The van der Waals surface area contributed by atoms with Gasteiger partial charge in [-0.1, -0.05) is 0 Å². The van der Waals surface area contributed by atoms with Crippen LogP contribution in [-0.4, -0.2) is 44.3 Å². The summed E-state index contributed by atoms with van der Waals surface area (Å²) in [5, 5.41) is 35.2. The molecule has 1 rings (SSSR count). The summed E-state index contributed by atoms with van der Waals surface area (Å²) in [6, 6.07) is 1.48. The molecule has 1 aromatic carbocycles. The Hall–Kier alpha value is -2.19. The molecular weight excluding hydrogens is 296 g/mol. The second-order valence-electron chi connectivity index (χ2n) is 3.13. The van der Waals surface area contributed by atoms with Crippen LogP contribution in [0.2, 0.25) is 0 Å². The maximum absolute atomic E-state index is 10.9. The Morgan fingerprint density at radius 1 is 0.632 bits per heavy atom. The minimum Gasteiger partial charge on any atom is -0.478 e. The second kappa shape index (κ2) is 6.12. The van der Waals surface area contributed by atoms with Gasteiger partial charge in [-0.2, -0.15) is 0 Å². The normalized spacial score (nSPS) is 9.26. The van der Waals surface area contributed by atoms with Crippen LogP contribution in [0, 0.1) is 0 Å². The fourth-order valence-electron chi connectivity index (χ4n) is 1.40. The number of rotatable bonds is 4. The molecule has 1 aromatic rings. The third-order valence-electron chi connectivity index (χ3n) is 2.09.